The van der Waals surface area contributed by atoms with Gasteiger partial charge < -0.3 is 15.7 Å². The van der Waals surface area contributed by atoms with E-state index in [2.05, 4.69) is 10.6 Å². The molecule has 0 radical (unpaired) electrons. The van der Waals surface area contributed by atoms with E-state index in [0.29, 0.717) is 24.8 Å². The fourth-order valence-electron chi connectivity index (χ4n) is 2.32. The van der Waals surface area contributed by atoms with Crippen LogP contribution in [0.3, 0.4) is 0 Å². The third-order valence-corrected chi connectivity index (χ3v) is 4.01. The molecule has 6 heteroatoms. The summed E-state index contributed by atoms with van der Waals surface area (Å²) in [6, 6.07) is 6.90. The van der Waals surface area contributed by atoms with Crippen LogP contribution in [0.2, 0.25) is 0 Å². The highest BCUT2D eigenvalue weighted by atomic mass is 16.4. The lowest BCUT2D eigenvalue weighted by Crippen LogP contribution is -2.54. The second-order valence-electron chi connectivity index (χ2n) is 5.89. The maximum absolute atomic E-state index is 12.5. The molecule has 1 rings (SSSR count). The van der Waals surface area contributed by atoms with Crippen LogP contribution in [-0.4, -0.2) is 35.0 Å². The number of hydrogen-bond acceptors (Lipinski definition) is 3. The molecular weight excluding hydrogens is 308 g/mol. The largest absolute Gasteiger partial charge is 0.480 e. The molecule has 0 saturated carbocycles. The van der Waals surface area contributed by atoms with Crippen molar-refractivity contribution in [2.24, 2.45) is 5.92 Å². The number of hydrogen-bond donors (Lipinski definition) is 3. The maximum Gasteiger partial charge on any atom is 0.326 e. The van der Waals surface area contributed by atoms with E-state index >= 15 is 0 Å². The first kappa shape index (κ1) is 19.7. The van der Waals surface area contributed by atoms with E-state index in [1.807, 2.05) is 20.8 Å². The minimum absolute atomic E-state index is 0.117. The van der Waals surface area contributed by atoms with Crippen molar-refractivity contribution in [3.05, 3.63) is 35.9 Å². The molecule has 0 spiro atoms. The smallest absolute Gasteiger partial charge is 0.326 e. The topological polar surface area (TPSA) is 95.5 Å². The van der Waals surface area contributed by atoms with Crippen LogP contribution in [0, 0.1) is 5.92 Å². The van der Waals surface area contributed by atoms with Crippen LogP contribution in [0.4, 0.5) is 0 Å². The van der Waals surface area contributed by atoms with Crippen molar-refractivity contribution in [1.29, 1.82) is 0 Å². The number of carbonyl (C=O) groups excluding carboxylic acids is 2. The molecule has 0 aliphatic heterocycles. The minimum atomic E-state index is -1.07. The Balaban J connectivity index is 2.86. The molecule has 1 aromatic carbocycles. The van der Waals surface area contributed by atoms with Crippen molar-refractivity contribution in [2.45, 2.75) is 52.1 Å². The van der Waals surface area contributed by atoms with Gasteiger partial charge in [-0.2, -0.15) is 0 Å². The van der Waals surface area contributed by atoms with Crippen LogP contribution < -0.4 is 10.6 Å². The summed E-state index contributed by atoms with van der Waals surface area (Å²) in [5.41, 5.74) is 0.460. The quantitative estimate of drug-likeness (QED) is 0.645. The Morgan fingerprint density at radius 2 is 1.71 bits per heavy atom. The van der Waals surface area contributed by atoms with E-state index in [1.54, 1.807) is 30.3 Å². The lowest BCUT2D eigenvalue weighted by Gasteiger charge is -2.25. The zero-order chi connectivity index (χ0) is 18.1. The summed E-state index contributed by atoms with van der Waals surface area (Å²) in [6.07, 6.45) is 1.67. The molecule has 0 aromatic heterocycles. The summed E-state index contributed by atoms with van der Waals surface area (Å²) < 4.78 is 0. The first-order valence-corrected chi connectivity index (χ1v) is 8.29. The van der Waals surface area contributed by atoms with Gasteiger partial charge in [0.2, 0.25) is 5.91 Å². The number of carbonyl (C=O) groups is 3. The van der Waals surface area contributed by atoms with Crippen LogP contribution in [-0.2, 0) is 9.59 Å². The van der Waals surface area contributed by atoms with Gasteiger partial charge in [0.05, 0.1) is 0 Å². The molecule has 3 unspecified atom stereocenters. The first-order chi connectivity index (χ1) is 11.4. The lowest BCUT2D eigenvalue weighted by atomic mass is 9.97. The number of aliphatic carboxylic acids is 1. The predicted octanol–water partition coefficient (Wildman–Crippen LogP) is 2.20. The molecule has 0 aliphatic rings. The summed E-state index contributed by atoms with van der Waals surface area (Å²) in [4.78, 5) is 36.1. The third-order valence-electron chi connectivity index (χ3n) is 4.01. The predicted molar refractivity (Wildman–Crippen MR) is 91.6 cm³/mol. The van der Waals surface area contributed by atoms with Crippen molar-refractivity contribution in [2.75, 3.05) is 0 Å². The lowest BCUT2D eigenvalue weighted by molar-refractivity contribution is -0.142. The van der Waals surface area contributed by atoms with Gasteiger partial charge in [-0.3, -0.25) is 9.59 Å². The monoisotopic (exact) mass is 334 g/mol. The van der Waals surface area contributed by atoms with Gasteiger partial charge in [0, 0.05) is 5.56 Å². The van der Waals surface area contributed by atoms with Gasteiger partial charge >= 0.3 is 5.97 Å². The summed E-state index contributed by atoms with van der Waals surface area (Å²) in [7, 11) is 0. The highest BCUT2D eigenvalue weighted by molar-refractivity contribution is 5.98. The summed E-state index contributed by atoms with van der Waals surface area (Å²) in [5.74, 6) is -2.00. The Labute approximate surface area is 142 Å². The van der Waals surface area contributed by atoms with E-state index in [-0.39, 0.29) is 11.8 Å². The van der Waals surface area contributed by atoms with Gasteiger partial charge in [0.1, 0.15) is 12.1 Å². The molecule has 1 aromatic rings. The third kappa shape index (κ3) is 5.68. The number of amides is 2. The summed E-state index contributed by atoms with van der Waals surface area (Å²) >= 11 is 0. The molecule has 2 amide bonds. The Hall–Kier alpha value is -2.37. The van der Waals surface area contributed by atoms with Crippen molar-refractivity contribution in [3.8, 4) is 0 Å². The van der Waals surface area contributed by atoms with Gasteiger partial charge in [0.15, 0.2) is 0 Å². The molecule has 6 nitrogen and oxygen atoms in total. The summed E-state index contributed by atoms with van der Waals surface area (Å²) in [5, 5.41) is 14.5. The number of benzene rings is 1. The number of nitrogens with one attached hydrogen (secondary N) is 2. The Morgan fingerprint density at radius 3 is 2.21 bits per heavy atom. The zero-order valence-electron chi connectivity index (χ0n) is 14.4. The van der Waals surface area contributed by atoms with Crippen molar-refractivity contribution < 1.29 is 19.5 Å². The van der Waals surface area contributed by atoms with E-state index in [1.165, 1.54) is 0 Å². The molecule has 3 atom stereocenters. The van der Waals surface area contributed by atoms with Gasteiger partial charge in [-0.1, -0.05) is 51.8 Å². The normalized spacial score (nSPS) is 14.3. The second kappa shape index (κ2) is 9.70. The molecule has 24 heavy (non-hydrogen) atoms. The van der Waals surface area contributed by atoms with Gasteiger partial charge in [-0.05, 0) is 24.5 Å². The SMILES string of the molecule is CCCC(NC(=O)C(NC(=O)c1ccccc1)C(C)CC)C(=O)O. The van der Waals surface area contributed by atoms with Gasteiger partial charge in [0.25, 0.3) is 5.91 Å². The number of carboxylic acids is 1. The Morgan fingerprint density at radius 1 is 1.08 bits per heavy atom. The fraction of sp³-hybridized carbons (Fsp3) is 0.500. The van der Waals surface area contributed by atoms with Crippen LogP contribution >= 0.6 is 0 Å². The van der Waals surface area contributed by atoms with Gasteiger partial charge in [-0.15, -0.1) is 0 Å². The Bertz CT molecular complexity index is 559. The standard InChI is InChI=1S/C18H26N2O4/c1-4-9-14(18(23)24)19-17(22)15(12(3)5-2)20-16(21)13-10-7-6-8-11-13/h6-8,10-12,14-15H,4-5,9H2,1-3H3,(H,19,22)(H,20,21)(H,23,24). The second-order valence-corrected chi connectivity index (χ2v) is 5.89. The van der Waals surface area contributed by atoms with Gasteiger partial charge in [-0.25, -0.2) is 4.79 Å². The minimum Gasteiger partial charge on any atom is -0.480 e. The van der Waals surface area contributed by atoms with Crippen LogP contribution in [0.25, 0.3) is 0 Å². The fourth-order valence-corrected chi connectivity index (χ4v) is 2.32. The highest BCUT2D eigenvalue weighted by Gasteiger charge is 2.29. The molecule has 0 heterocycles. The number of carboxylic acid groups (broad SMARTS) is 1. The van der Waals surface area contributed by atoms with E-state index in [4.69, 9.17) is 0 Å². The van der Waals surface area contributed by atoms with E-state index < -0.39 is 24.0 Å². The van der Waals surface area contributed by atoms with E-state index in [0.717, 1.165) is 0 Å². The molecule has 3 N–H and O–H groups in total. The molecular formula is C18H26N2O4. The van der Waals surface area contributed by atoms with E-state index in [9.17, 15) is 19.5 Å². The molecule has 0 bridgehead atoms. The van der Waals surface area contributed by atoms with Crippen molar-refractivity contribution >= 4 is 17.8 Å². The Kier molecular flexibility index (Phi) is 7.95. The molecule has 0 fully saturated rings. The zero-order valence-corrected chi connectivity index (χ0v) is 14.4. The molecule has 0 saturated heterocycles. The average Bonchev–Trinajstić information content (AvgIpc) is 2.58. The number of rotatable bonds is 9. The van der Waals surface area contributed by atoms with Crippen molar-refractivity contribution in [3.63, 3.8) is 0 Å². The molecule has 132 valence electrons. The maximum atomic E-state index is 12.5. The summed E-state index contributed by atoms with van der Waals surface area (Å²) in [6.45, 7) is 5.62. The molecule has 0 aliphatic carbocycles. The highest BCUT2D eigenvalue weighted by Crippen LogP contribution is 2.11. The average molecular weight is 334 g/mol. The van der Waals surface area contributed by atoms with Crippen LogP contribution in [0.1, 0.15) is 50.4 Å². The van der Waals surface area contributed by atoms with Crippen LogP contribution in [0.15, 0.2) is 30.3 Å². The van der Waals surface area contributed by atoms with Crippen LogP contribution in [0.5, 0.6) is 0 Å². The first-order valence-electron chi connectivity index (χ1n) is 8.29. The van der Waals surface area contributed by atoms with Crippen molar-refractivity contribution in [1.82, 2.24) is 10.6 Å².